The van der Waals surface area contributed by atoms with Crippen LogP contribution in [0.4, 0.5) is 0 Å². The zero-order valence-electron chi connectivity index (χ0n) is 17.3. The van der Waals surface area contributed by atoms with E-state index in [2.05, 4.69) is 32.9 Å². The molecule has 3 aromatic carbocycles. The predicted molar refractivity (Wildman–Crippen MR) is 115 cm³/mol. The van der Waals surface area contributed by atoms with E-state index in [-0.39, 0.29) is 17.2 Å². The predicted octanol–water partition coefficient (Wildman–Crippen LogP) is 5.90. The molecule has 0 bridgehead atoms. The number of hydrogen-bond acceptors (Lipinski definition) is 3. The van der Waals surface area contributed by atoms with E-state index in [0.29, 0.717) is 12.2 Å². The van der Waals surface area contributed by atoms with Crippen molar-refractivity contribution in [3.8, 4) is 16.9 Å². The monoisotopic (exact) mass is 384 g/mol. The molecule has 0 atom stereocenters. The number of hydrogen-bond donors (Lipinski definition) is 0. The number of ketones is 1. The van der Waals surface area contributed by atoms with Gasteiger partial charge in [0.25, 0.3) is 0 Å². The fraction of sp³-hybridized carbons (Fsp3) is 0.308. The molecular weight excluding hydrogens is 360 g/mol. The second-order valence-corrected chi connectivity index (χ2v) is 8.81. The third-order valence-corrected chi connectivity index (χ3v) is 6.59. The van der Waals surface area contributed by atoms with Crippen LogP contribution in [0.25, 0.3) is 21.9 Å². The molecule has 2 aliphatic rings. The van der Waals surface area contributed by atoms with Gasteiger partial charge in [0.1, 0.15) is 5.75 Å². The third kappa shape index (κ3) is 2.43. The van der Waals surface area contributed by atoms with Crippen LogP contribution in [0.5, 0.6) is 5.75 Å². The van der Waals surface area contributed by atoms with Gasteiger partial charge in [-0.25, -0.2) is 0 Å². The molecular formula is C26H24O3. The molecule has 0 aliphatic heterocycles. The van der Waals surface area contributed by atoms with E-state index in [1.54, 1.807) is 0 Å². The van der Waals surface area contributed by atoms with Crippen LogP contribution in [0.15, 0.2) is 36.4 Å². The zero-order valence-corrected chi connectivity index (χ0v) is 17.3. The van der Waals surface area contributed by atoms with E-state index in [4.69, 9.17) is 4.74 Å². The van der Waals surface area contributed by atoms with Crippen LogP contribution in [0.3, 0.4) is 0 Å². The summed E-state index contributed by atoms with van der Waals surface area (Å²) in [5.41, 5.74) is 7.82. The molecule has 3 aromatic rings. The summed E-state index contributed by atoms with van der Waals surface area (Å²) in [5, 5.41) is 2.01. The highest BCUT2D eigenvalue weighted by molar-refractivity contribution is 6.09. The average Bonchev–Trinajstić information content (AvgIpc) is 2.89. The van der Waals surface area contributed by atoms with Crippen molar-refractivity contribution in [1.29, 1.82) is 0 Å². The Balaban J connectivity index is 1.94. The summed E-state index contributed by atoms with van der Waals surface area (Å²) in [6.07, 6.45) is 2.47. The molecule has 0 saturated heterocycles. The van der Waals surface area contributed by atoms with E-state index in [1.165, 1.54) is 29.2 Å². The molecule has 146 valence electrons. The van der Waals surface area contributed by atoms with Crippen molar-refractivity contribution in [2.24, 2.45) is 0 Å². The minimum absolute atomic E-state index is 0.232. The quantitative estimate of drug-likeness (QED) is 0.388. The normalized spacial score (nSPS) is 16.3. The van der Waals surface area contributed by atoms with E-state index >= 15 is 0 Å². The minimum Gasteiger partial charge on any atom is -0.426 e. The van der Waals surface area contributed by atoms with Gasteiger partial charge in [-0.3, -0.25) is 9.59 Å². The van der Waals surface area contributed by atoms with Crippen molar-refractivity contribution in [3.63, 3.8) is 0 Å². The van der Waals surface area contributed by atoms with Gasteiger partial charge in [-0.1, -0.05) is 44.2 Å². The molecule has 3 heteroatoms. The first kappa shape index (κ1) is 18.1. The van der Waals surface area contributed by atoms with Gasteiger partial charge in [-0.05, 0) is 64.6 Å². The Morgan fingerprint density at radius 1 is 0.966 bits per heavy atom. The topological polar surface area (TPSA) is 43.4 Å². The van der Waals surface area contributed by atoms with Gasteiger partial charge in [0, 0.05) is 29.7 Å². The molecule has 0 fully saturated rings. The van der Waals surface area contributed by atoms with Crippen LogP contribution < -0.4 is 4.74 Å². The number of rotatable bonds is 1. The lowest BCUT2D eigenvalue weighted by Crippen LogP contribution is -2.18. The zero-order chi connectivity index (χ0) is 20.5. The molecule has 29 heavy (non-hydrogen) atoms. The molecule has 3 nitrogen and oxygen atoms in total. The molecule has 0 aromatic heterocycles. The Labute approximate surface area is 170 Å². The largest absolute Gasteiger partial charge is 0.426 e. The summed E-state index contributed by atoms with van der Waals surface area (Å²) in [5.74, 6) is 0.551. The van der Waals surface area contributed by atoms with Crippen molar-refractivity contribution in [2.75, 3.05) is 0 Å². The third-order valence-electron chi connectivity index (χ3n) is 6.59. The Morgan fingerprint density at radius 2 is 1.66 bits per heavy atom. The maximum atomic E-state index is 12.8. The second kappa shape index (κ2) is 6.03. The lowest BCUT2D eigenvalue weighted by molar-refractivity contribution is -0.131. The van der Waals surface area contributed by atoms with Gasteiger partial charge in [0.2, 0.25) is 0 Å². The molecule has 0 unspecified atom stereocenters. The molecule has 0 heterocycles. The number of esters is 1. The lowest BCUT2D eigenvalue weighted by Gasteiger charge is -2.25. The fourth-order valence-electron chi connectivity index (χ4n) is 5.34. The summed E-state index contributed by atoms with van der Waals surface area (Å²) in [7, 11) is 0. The molecule has 0 amide bonds. The molecule has 0 radical (unpaired) electrons. The number of aryl methyl sites for hydroxylation is 1. The van der Waals surface area contributed by atoms with Gasteiger partial charge in [0.15, 0.2) is 5.78 Å². The number of ether oxygens (including phenoxy) is 1. The lowest BCUT2D eigenvalue weighted by atomic mass is 9.78. The van der Waals surface area contributed by atoms with E-state index < -0.39 is 0 Å². The summed E-state index contributed by atoms with van der Waals surface area (Å²) < 4.78 is 5.61. The number of carbonyl (C=O) groups excluding carboxylic acids is 2. The Kier molecular flexibility index (Phi) is 3.76. The number of benzene rings is 3. The first-order chi connectivity index (χ1) is 13.8. The van der Waals surface area contributed by atoms with Gasteiger partial charge < -0.3 is 4.74 Å². The maximum Gasteiger partial charge on any atom is 0.308 e. The molecule has 0 spiro atoms. The molecule has 0 N–H and O–H groups in total. The summed E-state index contributed by atoms with van der Waals surface area (Å²) in [4.78, 5) is 24.5. The first-order valence-electron chi connectivity index (χ1n) is 10.3. The fourth-order valence-corrected chi connectivity index (χ4v) is 5.34. The van der Waals surface area contributed by atoms with Crippen molar-refractivity contribution in [1.82, 2.24) is 0 Å². The first-order valence-corrected chi connectivity index (χ1v) is 10.3. The second-order valence-electron chi connectivity index (χ2n) is 8.81. The minimum atomic E-state index is -0.317. The highest BCUT2D eigenvalue weighted by Gasteiger charge is 2.41. The van der Waals surface area contributed by atoms with Crippen LogP contribution in [0, 0.1) is 6.92 Å². The molecule has 0 saturated carbocycles. The Morgan fingerprint density at radius 3 is 2.38 bits per heavy atom. The summed E-state index contributed by atoms with van der Waals surface area (Å²) in [6.45, 7) is 7.94. The van der Waals surface area contributed by atoms with Gasteiger partial charge in [-0.2, -0.15) is 0 Å². The average molecular weight is 384 g/mol. The van der Waals surface area contributed by atoms with Gasteiger partial charge >= 0.3 is 5.97 Å². The summed E-state index contributed by atoms with van der Waals surface area (Å²) in [6, 6.07) is 12.3. The summed E-state index contributed by atoms with van der Waals surface area (Å²) >= 11 is 0. The Hall–Kier alpha value is -2.94. The van der Waals surface area contributed by atoms with Crippen molar-refractivity contribution in [3.05, 3.63) is 64.2 Å². The van der Waals surface area contributed by atoms with Crippen molar-refractivity contribution < 1.29 is 14.3 Å². The van der Waals surface area contributed by atoms with Gasteiger partial charge in [0.05, 0.1) is 0 Å². The number of Topliss-reactive ketones (excluding diaryl/α,β-unsaturated/α-hetero) is 1. The molecule has 2 aliphatic carbocycles. The van der Waals surface area contributed by atoms with Crippen LogP contribution >= 0.6 is 0 Å². The smallest absolute Gasteiger partial charge is 0.308 e. The van der Waals surface area contributed by atoms with Gasteiger partial charge in [-0.15, -0.1) is 0 Å². The number of carbonyl (C=O) groups is 2. The molecule has 5 rings (SSSR count). The maximum absolute atomic E-state index is 12.8. The SMILES string of the molecule is CC(=O)Oc1cc2c(c3ccccc13)-c1c(cc(C)c3c1CCCC3=O)C2(C)C. The van der Waals surface area contributed by atoms with Crippen LogP contribution in [-0.4, -0.2) is 11.8 Å². The van der Waals surface area contributed by atoms with E-state index in [0.717, 1.165) is 40.3 Å². The van der Waals surface area contributed by atoms with Crippen molar-refractivity contribution in [2.45, 2.75) is 52.4 Å². The van der Waals surface area contributed by atoms with E-state index in [1.807, 2.05) is 24.3 Å². The number of fused-ring (bicyclic) bond motifs is 7. The highest BCUT2D eigenvalue weighted by Crippen LogP contribution is 2.55. The highest BCUT2D eigenvalue weighted by atomic mass is 16.5. The van der Waals surface area contributed by atoms with Crippen LogP contribution in [0.1, 0.15) is 66.2 Å². The standard InChI is InChI=1S/C26H24O3/c1-14-12-19-25(18-10-7-11-21(28)23(14)18)24-17-9-6-5-8-16(17)22(29-15(2)27)13-20(24)26(19,3)4/h5-6,8-9,12-13H,7,10-11H2,1-4H3. The van der Waals surface area contributed by atoms with Crippen LogP contribution in [0.2, 0.25) is 0 Å². The Bertz CT molecular complexity index is 1230. The van der Waals surface area contributed by atoms with Crippen LogP contribution in [-0.2, 0) is 16.6 Å². The van der Waals surface area contributed by atoms with Crippen molar-refractivity contribution >= 4 is 22.5 Å². The van der Waals surface area contributed by atoms with E-state index in [9.17, 15) is 9.59 Å².